The predicted molar refractivity (Wildman–Crippen MR) is 174 cm³/mol. The molecule has 0 spiro atoms. The molecule has 0 radical (unpaired) electrons. The molecule has 3 aromatic rings. The van der Waals surface area contributed by atoms with E-state index in [-0.39, 0.29) is 33.6 Å². The van der Waals surface area contributed by atoms with E-state index in [4.69, 9.17) is 20.8 Å². The van der Waals surface area contributed by atoms with Crippen LogP contribution in [0.3, 0.4) is 0 Å². The number of fused-ring (bicyclic) bond motifs is 1. The predicted octanol–water partition coefficient (Wildman–Crippen LogP) is 9.82. The highest BCUT2D eigenvalue weighted by Gasteiger charge is 2.37. The number of alkyl halides is 3. The van der Waals surface area contributed by atoms with Crippen LogP contribution in [0.2, 0.25) is 23.2 Å². The number of hydrogen-bond donors (Lipinski definition) is 0. The molecule has 0 fully saturated rings. The number of ether oxygens (including phenoxy) is 1. The normalized spacial score (nSPS) is 16.4. The topological polar surface area (TPSA) is 55.8 Å². The SMILES string of the molecule is C/C(=C\c1ccc2c(c1)N(S(=O)(=O)c1cccc(C(F)(F)F)c1)C[C@H](CCCO[Si-](C)(C)C(C)(C)C)O2)c1c(F)cccc1Cl. The van der Waals surface area contributed by atoms with Crippen LogP contribution >= 0.6 is 11.6 Å². The largest absolute Gasteiger partial charge is 0.565 e. The number of sulfonamides is 1. The van der Waals surface area contributed by atoms with Crippen LogP contribution in [0.15, 0.2) is 65.6 Å². The van der Waals surface area contributed by atoms with Gasteiger partial charge in [0.1, 0.15) is 17.7 Å². The molecule has 0 amide bonds. The number of allylic oxidation sites excluding steroid dienone is 1. The number of rotatable bonds is 9. The number of benzene rings is 3. The lowest BCUT2D eigenvalue weighted by atomic mass is 10.0. The third kappa shape index (κ3) is 7.93. The van der Waals surface area contributed by atoms with E-state index in [0.29, 0.717) is 36.7 Å². The molecule has 0 saturated heterocycles. The molecule has 0 unspecified atom stereocenters. The third-order valence-corrected chi connectivity index (χ3v) is 15.0. The third-order valence-electron chi connectivity index (χ3n) is 8.34. The Kier molecular flexibility index (Phi) is 10.2. The number of nitrogens with zero attached hydrogens (tertiary/aromatic N) is 1. The first-order valence-corrected chi connectivity index (χ1v) is 19.3. The lowest BCUT2D eigenvalue weighted by molar-refractivity contribution is -0.137. The van der Waals surface area contributed by atoms with E-state index in [2.05, 4.69) is 33.9 Å². The quantitative estimate of drug-likeness (QED) is 0.0975. The molecular weight excluding hydrogens is 646 g/mol. The summed E-state index contributed by atoms with van der Waals surface area (Å²) in [6, 6.07) is 12.9. The molecule has 12 heteroatoms. The summed E-state index contributed by atoms with van der Waals surface area (Å²) in [6.07, 6.45) is -2.56. The van der Waals surface area contributed by atoms with Crippen molar-refractivity contribution in [2.24, 2.45) is 0 Å². The minimum Gasteiger partial charge on any atom is -0.565 e. The van der Waals surface area contributed by atoms with Crippen molar-refractivity contribution < 1.29 is 35.1 Å². The molecule has 45 heavy (non-hydrogen) atoms. The molecule has 1 aliphatic heterocycles. The fraction of sp³-hybridized carbons (Fsp3) is 0.394. The van der Waals surface area contributed by atoms with E-state index in [0.717, 1.165) is 22.5 Å². The lowest BCUT2D eigenvalue weighted by Crippen LogP contribution is -2.44. The average molecular weight is 684 g/mol. The van der Waals surface area contributed by atoms with Crippen molar-refractivity contribution in [1.82, 2.24) is 0 Å². The fourth-order valence-electron chi connectivity index (χ4n) is 4.81. The van der Waals surface area contributed by atoms with Crippen LogP contribution in [0.5, 0.6) is 5.75 Å². The Bertz CT molecular complexity index is 1670. The first kappa shape index (κ1) is 35.0. The molecule has 4 rings (SSSR count). The van der Waals surface area contributed by atoms with Gasteiger partial charge < -0.3 is 9.16 Å². The standard InChI is InChI=1S/C33H38ClF4NO4SSi/c1-22(31-27(34)13-8-14-28(31)35)18-23-15-16-30-29(19-23)39(44(40,41)26-12-7-10-24(20-26)33(36,37)38)21-25(43-30)11-9-17-42-45(5,6)32(2,3)4/h7-8,10,12-16,18-20,25H,9,11,17,21H2,1-6H3/q-1/b22-18+/t25-/m0/s1. The second kappa shape index (κ2) is 13.1. The molecule has 0 N–H and O–H groups in total. The van der Waals surface area contributed by atoms with Crippen LogP contribution in [-0.2, 0) is 20.6 Å². The Hall–Kier alpha value is -2.86. The number of halogens is 5. The van der Waals surface area contributed by atoms with E-state index in [1.54, 1.807) is 37.3 Å². The van der Waals surface area contributed by atoms with Gasteiger partial charge in [0.25, 0.3) is 10.0 Å². The average Bonchev–Trinajstić information content (AvgIpc) is 2.94. The maximum atomic E-state index is 14.6. The van der Waals surface area contributed by atoms with Gasteiger partial charge in [0.2, 0.25) is 0 Å². The second-order valence-electron chi connectivity index (χ2n) is 12.7. The summed E-state index contributed by atoms with van der Waals surface area (Å²) in [5, 5.41) is 0.254. The molecule has 245 valence electrons. The van der Waals surface area contributed by atoms with Crippen LogP contribution in [0.1, 0.15) is 57.2 Å². The maximum absolute atomic E-state index is 14.6. The minimum atomic E-state index is -4.72. The van der Waals surface area contributed by atoms with Gasteiger partial charge in [-0.05, 0) is 81.7 Å². The van der Waals surface area contributed by atoms with Crippen molar-refractivity contribution in [3.05, 3.63) is 88.2 Å². The molecule has 0 aliphatic carbocycles. The van der Waals surface area contributed by atoms with Gasteiger partial charge in [0, 0.05) is 12.2 Å². The van der Waals surface area contributed by atoms with Crippen LogP contribution in [0.4, 0.5) is 23.2 Å². The Balaban J connectivity index is 1.70. The van der Waals surface area contributed by atoms with E-state index >= 15 is 0 Å². The summed E-state index contributed by atoms with van der Waals surface area (Å²) in [6.45, 7) is 12.8. The number of anilines is 1. The van der Waals surface area contributed by atoms with Crippen LogP contribution in [0, 0.1) is 5.82 Å². The van der Waals surface area contributed by atoms with Gasteiger partial charge in [-0.15, -0.1) is 18.1 Å². The number of hydrogen-bond acceptors (Lipinski definition) is 4. The molecule has 1 heterocycles. The Labute approximate surface area is 269 Å². The van der Waals surface area contributed by atoms with Crippen molar-refractivity contribution in [3.63, 3.8) is 0 Å². The van der Waals surface area contributed by atoms with Gasteiger partial charge in [0.05, 0.1) is 27.7 Å². The maximum Gasteiger partial charge on any atom is 0.416 e. The molecular formula is C33H38ClF4NO4SSi-. The van der Waals surface area contributed by atoms with Crippen LogP contribution in [0.25, 0.3) is 11.6 Å². The van der Waals surface area contributed by atoms with Gasteiger partial charge in [-0.25, -0.2) is 12.8 Å². The van der Waals surface area contributed by atoms with Crippen molar-refractivity contribution in [1.29, 1.82) is 0 Å². The summed E-state index contributed by atoms with van der Waals surface area (Å²) < 4.78 is 96.7. The molecule has 3 aromatic carbocycles. The Morgan fingerprint density at radius 2 is 1.78 bits per heavy atom. The Morgan fingerprint density at radius 1 is 1.09 bits per heavy atom. The first-order valence-electron chi connectivity index (χ1n) is 14.6. The molecule has 0 bridgehead atoms. The van der Waals surface area contributed by atoms with Crippen LogP contribution in [-0.4, -0.2) is 36.0 Å². The summed E-state index contributed by atoms with van der Waals surface area (Å²) >= 11 is 6.24. The molecule has 1 aliphatic rings. The summed E-state index contributed by atoms with van der Waals surface area (Å²) in [5.74, 6) is -0.238. The zero-order valence-corrected chi connectivity index (χ0v) is 28.7. The molecule has 0 saturated carbocycles. The zero-order chi connectivity index (χ0) is 33.4. The molecule has 0 aromatic heterocycles. The van der Waals surface area contributed by atoms with Gasteiger partial charge in [-0.1, -0.05) is 56.6 Å². The zero-order valence-electron chi connectivity index (χ0n) is 26.1. The monoisotopic (exact) mass is 683 g/mol. The van der Waals surface area contributed by atoms with Gasteiger partial charge in [-0.2, -0.15) is 13.2 Å². The fourth-order valence-corrected chi connectivity index (χ4v) is 7.75. The lowest BCUT2D eigenvalue weighted by Gasteiger charge is -2.48. The highest BCUT2D eigenvalue weighted by molar-refractivity contribution is 7.92. The minimum absolute atomic E-state index is 0.0330. The summed E-state index contributed by atoms with van der Waals surface area (Å²) in [5.41, 5.74) is 0.343. The first-order chi connectivity index (χ1) is 20.8. The van der Waals surface area contributed by atoms with Crippen molar-refractivity contribution >= 4 is 47.3 Å². The van der Waals surface area contributed by atoms with Gasteiger partial charge in [0.15, 0.2) is 0 Å². The van der Waals surface area contributed by atoms with Gasteiger partial charge >= 0.3 is 6.18 Å². The van der Waals surface area contributed by atoms with Crippen molar-refractivity contribution in [2.45, 2.75) is 75.8 Å². The van der Waals surface area contributed by atoms with Gasteiger partial charge in [-0.3, -0.25) is 4.31 Å². The Morgan fingerprint density at radius 3 is 2.42 bits per heavy atom. The molecule has 5 nitrogen and oxygen atoms in total. The van der Waals surface area contributed by atoms with E-state index in [9.17, 15) is 26.0 Å². The van der Waals surface area contributed by atoms with E-state index in [1.807, 2.05) is 0 Å². The van der Waals surface area contributed by atoms with Crippen molar-refractivity contribution in [2.75, 3.05) is 17.5 Å². The highest BCUT2D eigenvalue weighted by atomic mass is 35.5. The van der Waals surface area contributed by atoms with Crippen molar-refractivity contribution in [3.8, 4) is 5.75 Å². The van der Waals surface area contributed by atoms with E-state index < -0.39 is 46.9 Å². The highest BCUT2D eigenvalue weighted by Crippen LogP contribution is 2.41. The smallest absolute Gasteiger partial charge is 0.416 e. The summed E-state index contributed by atoms with van der Waals surface area (Å²) in [7, 11) is -6.43. The van der Waals surface area contributed by atoms with Crippen LogP contribution < -0.4 is 9.04 Å². The molecule has 1 atom stereocenters. The van der Waals surface area contributed by atoms with E-state index in [1.165, 1.54) is 12.1 Å². The summed E-state index contributed by atoms with van der Waals surface area (Å²) in [4.78, 5) is -0.486. The second-order valence-corrected chi connectivity index (χ2v) is 19.8.